The van der Waals surface area contributed by atoms with Crippen LogP contribution in [0.5, 0.6) is 0 Å². The summed E-state index contributed by atoms with van der Waals surface area (Å²) in [4.78, 5) is 23.4. The molecule has 1 unspecified atom stereocenters. The summed E-state index contributed by atoms with van der Waals surface area (Å²) < 4.78 is 4.53. The number of rotatable bonds is 3. The molecule has 6 heteroatoms. The summed E-state index contributed by atoms with van der Waals surface area (Å²) in [5.41, 5.74) is 0.840. The van der Waals surface area contributed by atoms with Crippen molar-refractivity contribution in [3.63, 3.8) is 0 Å². The smallest absolute Gasteiger partial charge is 0.411 e. The number of amides is 2. The van der Waals surface area contributed by atoms with Crippen LogP contribution in [0.3, 0.4) is 0 Å². The van der Waals surface area contributed by atoms with Crippen molar-refractivity contribution in [1.82, 2.24) is 5.32 Å². The average Bonchev–Trinajstić information content (AvgIpc) is 2.87. The SMILES string of the molecule is COC(=O)Nc1cccc(NC(=O)C2(C)CCNC2)c1. The van der Waals surface area contributed by atoms with Gasteiger partial charge in [0.15, 0.2) is 0 Å². The number of nitrogens with one attached hydrogen (secondary N) is 3. The highest BCUT2D eigenvalue weighted by Gasteiger charge is 2.36. The minimum Gasteiger partial charge on any atom is -0.453 e. The van der Waals surface area contributed by atoms with Crippen molar-refractivity contribution in [1.29, 1.82) is 0 Å². The maximum absolute atomic E-state index is 12.3. The Balaban J connectivity index is 2.04. The lowest BCUT2D eigenvalue weighted by molar-refractivity contribution is -0.123. The summed E-state index contributed by atoms with van der Waals surface area (Å²) in [5.74, 6) is -0.0160. The fraction of sp³-hybridized carbons (Fsp3) is 0.429. The third-order valence-corrected chi connectivity index (χ3v) is 3.47. The van der Waals surface area contributed by atoms with Gasteiger partial charge in [-0.3, -0.25) is 10.1 Å². The van der Waals surface area contributed by atoms with E-state index in [0.717, 1.165) is 13.0 Å². The van der Waals surface area contributed by atoms with Crippen LogP contribution in [0, 0.1) is 5.41 Å². The second-order valence-corrected chi connectivity index (χ2v) is 5.14. The number of hydrogen-bond acceptors (Lipinski definition) is 4. The molecule has 0 radical (unpaired) electrons. The summed E-state index contributed by atoms with van der Waals surface area (Å²) >= 11 is 0. The van der Waals surface area contributed by atoms with Crippen LogP contribution in [0.1, 0.15) is 13.3 Å². The second-order valence-electron chi connectivity index (χ2n) is 5.14. The molecule has 1 fully saturated rings. The topological polar surface area (TPSA) is 79.5 Å². The van der Waals surface area contributed by atoms with Gasteiger partial charge in [0.1, 0.15) is 0 Å². The van der Waals surface area contributed by atoms with E-state index in [1.54, 1.807) is 24.3 Å². The van der Waals surface area contributed by atoms with E-state index in [-0.39, 0.29) is 11.3 Å². The molecule has 0 aliphatic carbocycles. The monoisotopic (exact) mass is 277 g/mol. The molecule has 1 heterocycles. The molecular formula is C14H19N3O3. The predicted molar refractivity (Wildman–Crippen MR) is 76.7 cm³/mol. The Morgan fingerprint density at radius 2 is 2.00 bits per heavy atom. The minimum atomic E-state index is -0.541. The van der Waals surface area contributed by atoms with Crippen LogP contribution in [0.25, 0.3) is 0 Å². The van der Waals surface area contributed by atoms with Gasteiger partial charge in [-0.25, -0.2) is 4.79 Å². The normalized spacial score (nSPS) is 21.3. The molecule has 1 saturated heterocycles. The van der Waals surface area contributed by atoms with Crippen LogP contribution in [-0.4, -0.2) is 32.2 Å². The molecule has 2 rings (SSSR count). The summed E-state index contributed by atoms with van der Waals surface area (Å²) in [5, 5.41) is 8.63. The first-order valence-electron chi connectivity index (χ1n) is 6.51. The third kappa shape index (κ3) is 3.27. The second kappa shape index (κ2) is 5.92. The van der Waals surface area contributed by atoms with E-state index in [4.69, 9.17) is 0 Å². The Hall–Kier alpha value is -2.08. The zero-order valence-corrected chi connectivity index (χ0v) is 11.7. The van der Waals surface area contributed by atoms with Gasteiger partial charge < -0.3 is 15.4 Å². The Morgan fingerprint density at radius 1 is 1.30 bits per heavy atom. The van der Waals surface area contributed by atoms with E-state index in [1.807, 2.05) is 6.92 Å². The third-order valence-electron chi connectivity index (χ3n) is 3.47. The van der Waals surface area contributed by atoms with Gasteiger partial charge in [0, 0.05) is 17.9 Å². The molecule has 1 aromatic carbocycles. The van der Waals surface area contributed by atoms with Gasteiger partial charge in [-0.2, -0.15) is 0 Å². The van der Waals surface area contributed by atoms with Crippen molar-refractivity contribution in [2.24, 2.45) is 5.41 Å². The molecule has 1 aliphatic heterocycles. The fourth-order valence-electron chi connectivity index (χ4n) is 2.14. The Labute approximate surface area is 117 Å². The number of benzene rings is 1. The first-order chi connectivity index (χ1) is 9.53. The number of ether oxygens (including phenoxy) is 1. The van der Waals surface area contributed by atoms with Gasteiger partial charge in [0.05, 0.1) is 12.5 Å². The van der Waals surface area contributed by atoms with E-state index >= 15 is 0 Å². The molecule has 1 aliphatic rings. The Morgan fingerprint density at radius 3 is 2.60 bits per heavy atom. The van der Waals surface area contributed by atoms with Crippen LogP contribution in [-0.2, 0) is 9.53 Å². The van der Waals surface area contributed by atoms with Crippen molar-refractivity contribution >= 4 is 23.4 Å². The molecule has 6 nitrogen and oxygen atoms in total. The molecule has 1 atom stereocenters. The van der Waals surface area contributed by atoms with E-state index < -0.39 is 6.09 Å². The average molecular weight is 277 g/mol. The standard InChI is InChI=1S/C14H19N3O3/c1-14(6-7-15-9-14)12(18)16-10-4-3-5-11(8-10)17-13(19)20-2/h3-5,8,15H,6-7,9H2,1-2H3,(H,16,18)(H,17,19). The van der Waals surface area contributed by atoms with Crippen molar-refractivity contribution in [2.45, 2.75) is 13.3 Å². The molecular weight excluding hydrogens is 258 g/mol. The van der Waals surface area contributed by atoms with Crippen LogP contribution in [0.2, 0.25) is 0 Å². The maximum atomic E-state index is 12.3. The quantitative estimate of drug-likeness (QED) is 0.787. The van der Waals surface area contributed by atoms with Crippen LogP contribution >= 0.6 is 0 Å². The fourth-order valence-corrected chi connectivity index (χ4v) is 2.14. The lowest BCUT2D eigenvalue weighted by Gasteiger charge is -2.21. The summed E-state index contributed by atoms with van der Waals surface area (Å²) in [6.45, 7) is 3.48. The number of methoxy groups -OCH3 is 1. The first-order valence-corrected chi connectivity index (χ1v) is 6.51. The number of anilines is 2. The van der Waals surface area contributed by atoms with Crippen LogP contribution < -0.4 is 16.0 Å². The number of carbonyl (C=O) groups excluding carboxylic acids is 2. The summed E-state index contributed by atoms with van der Waals surface area (Å²) in [6, 6.07) is 6.97. The van der Waals surface area contributed by atoms with Gasteiger partial charge in [-0.15, -0.1) is 0 Å². The highest BCUT2D eigenvalue weighted by molar-refractivity contribution is 5.96. The zero-order valence-electron chi connectivity index (χ0n) is 11.7. The van der Waals surface area contributed by atoms with E-state index in [1.165, 1.54) is 7.11 Å². The molecule has 20 heavy (non-hydrogen) atoms. The molecule has 3 N–H and O–H groups in total. The lowest BCUT2D eigenvalue weighted by atomic mass is 9.89. The predicted octanol–water partition coefficient (Wildman–Crippen LogP) is 1.80. The van der Waals surface area contributed by atoms with Crippen molar-refractivity contribution in [2.75, 3.05) is 30.8 Å². The highest BCUT2D eigenvalue weighted by Crippen LogP contribution is 2.27. The van der Waals surface area contributed by atoms with Crippen molar-refractivity contribution in [3.8, 4) is 0 Å². The maximum Gasteiger partial charge on any atom is 0.411 e. The summed E-state index contributed by atoms with van der Waals surface area (Å²) in [7, 11) is 1.30. The Bertz CT molecular complexity index is 510. The Kier molecular flexibility index (Phi) is 4.24. The molecule has 0 aromatic heterocycles. The van der Waals surface area contributed by atoms with E-state index in [0.29, 0.717) is 17.9 Å². The zero-order chi connectivity index (χ0) is 14.6. The molecule has 108 valence electrons. The minimum absolute atomic E-state index is 0.0160. The number of carbonyl (C=O) groups is 2. The lowest BCUT2D eigenvalue weighted by Crippen LogP contribution is -2.35. The van der Waals surface area contributed by atoms with Crippen molar-refractivity contribution in [3.05, 3.63) is 24.3 Å². The molecule has 0 bridgehead atoms. The van der Waals surface area contributed by atoms with Crippen LogP contribution in [0.15, 0.2) is 24.3 Å². The largest absolute Gasteiger partial charge is 0.453 e. The van der Waals surface area contributed by atoms with Gasteiger partial charge in [0.25, 0.3) is 0 Å². The molecule has 0 spiro atoms. The van der Waals surface area contributed by atoms with Gasteiger partial charge in [-0.05, 0) is 38.1 Å². The summed E-state index contributed by atoms with van der Waals surface area (Å²) in [6.07, 6.45) is 0.277. The van der Waals surface area contributed by atoms with Gasteiger partial charge in [0.2, 0.25) is 5.91 Å². The number of hydrogen-bond donors (Lipinski definition) is 3. The van der Waals surface area contributed by atoms with Crippen LogP contribution in [0.4, 0.5) is 16.2 Å². The van der Waals surface area contributed by atoms with Gasteiger partial charge in [-0.1, -0.05) is 6.07 Å². The first kappa shape index (κ1) is 14.3. The molecule has 1 aromatic rings. The molecule has 0 saturated carbocycles. The van der Waals surface area contributed by atoms with Gasteiger partial charge >= 0.3 is 6.09 Å². The van der Waals surface area contributed by atoms with E-state index in [2.05, 4.69) is 20.7 Å². The molecule has 2 amide bonds. The van der Waals surface area contributed by atoms with Crippen molar-refractivity contribution < 1.29 is 14.3 Å². The highest BCUT2D eigenvalue weighted by atomic mass is 16.5. The van der Waals surface area contributed by atoms with E-state index in [9.17, 15) is 9.59 Å².